The zero-order chi connectivity index (χ0) is 13.7. The largest absolute Gasteiger partial charge is 0.417 e. The van der Waals surface area contributed by atoms with E-state index in [9.17, 15) is 13.2 Å². The number of alkyl halides is 3. The van der Waals surface area contributed by atoms with Gasteiger partial charge in [0.1, 0.15) is 0 Å². The van der Waals surface area contributed by atoms with Gasteiger partial charge in [0, 0.05) is 11.7 Å². The number of rotatable bonds is 1. The third-order valence-corrected chi connectivity index (χ3v) is 2.76. The molecule has 0 unspecified atom stereocenters. The summed E-state index contributed by atoms with van der Waals surface area (Å²) in [5.41, 5.74) is 0.347. The second-order valence-corrected chi connectivity index (χ2v) is 4.63. The Hall–Kier alpha value is -1.59. The summed E-state index contributed by atoms with van der Waals surface area (Å²) in [4.78, 5) is 4.19. The number of aromatic nitrogens is 3. The minimum Gasteiger partial charge on any atom is -0.244 e. The van der Waals surface area contributed by atoms with Crippen molar-refractivity contribution in [3.63, 3.8) is 0 Å². The molecule has 0 radical (unpaired) electrons. The number of nitrogens with zero attached hydrogens (tertiary/aromatic N) is 3. The smallest absolute Gasteiger partial charge is 0.244 e. The molecule has 0 aliphatic rings. The van der Waals surface area contributed by atoms with Crippen LogP contribution >= 0.6 is 0 Å². The molecule has 2 rings (SSSR count). The molecule has 98 valence electrons. The Balaban J connectivity index is 2.89. The highest BCUT2D eigenvalue weighted by molar-refractivity contribution is 5.83. The lowest BCUT2D eigenvalue weighted by Crippen LogP contribution is -2.08. The Morgan fingerprint density at radius 2 is 1.83 bits per heavy atom. The maximum absolute atomic E-state index is 13.0. The zero-order valence-electron chi connectivity index (χ0n) is 10.6. The number of fused-ring (bicyclic) bond motifs is 1. The van der Waals surface area contributed by atoms with Crippen molar-refractivity contribution in [2.24, 2.45) is 0 Å². The number of hydrogen-bond donors (Lipinski definition) is 0. The van der Waals surface area contributed by atoms with E-state index in [2.05, 4.69) is 10.1 Å². The summed E-state index contributed by atoms with van der Waals surface area (Å²) < 4.78 is 40.6. The van der Waals surface area contributed by atoms with E-state index in [0.717, 1.165) is 6.07 Å². The van der Waals surface area contributed by atoms with E-state index in [0.29, 0.717) is 17.0 Å². The fourth-order valence-corrected chi connectivity index (χ4v) is 2.02. The van der Waals surface area contributed by atoms with E-state index in [1.54, 1.807) is 13.8 Å². The lowest BCUT2D eigenvalue weighted by atomic mass is 10.1. The standard InChI is InChI=1S/C12H14F3N3/c1-6(2)18-11-10(8(4)17-18)9(12(13,14)15)5-7(3)16-11/h5-6H,1-4H3. The first kappa shape index (κ1) is 12.9. The minimum atomic E-state index is -4.39. The van der Waals surface area contributed by atoms with Gasteiger partial charge in [-0.15, -0.1) is 0 Å². The summed E-state index contributed by atoms with van der Waals surface area (Å²) in [6.45, 7) is 6.86. The normalized spacial score (nSPS) is 12.7. The summed E-state index contributed by atoms with van der Waals surface area (Å²) >= 11 is 0. The van der Waals surface area contributed by atoms with E-state index in [-0.39, 0.29) is 11.4 Å². The van der Waals surface area contributed by atoms with Crippen LogP contribution in [0.4, 0.5) is 13.2 Å². The zero-order valence-corrected chi connectivity index (χ0v) is 10.6. The highest BCUT2D eigenvalue weighted by Crippen LogP contribution is 2.36. The lowest BCUT2D eigenvalue weighted by molar-refractivity contribution is -0.136. The van der Waals surface area contributed by atoms with E-state index in [1.165, 1.54) is 4.68 Å². The SMILES string of the molecule is Cc1cc(C(F)(F)F)c2c(C)nn(C(C)C)c2n1. The fourth-order valence-electron chi connectivity index (χ4n) is 2.02. The van der Waals surface area contributed by atoms with Crippen LogP contribution in [0.3, 0.4) is 0 Å². The van der Waals surface area contributed by atoms with Gasteiger partial charge in [-0.25, -0.2) is 9.67 Å². The van der Waals surface area contributed by atoms with Gasteiger partial charge in [-0.05, 0) is 33.8 Å². The third kappa shape index (κ3) is 1.95. The Labute approximate surface area is 103 Å². The highest BCUT2D eigenvalue weighted by Gasteiger charge is 2.35. The third-order valence-electron chi connectivity index (χ3n) is 2.76. The van der Waals surface area contributed by atoms with Gasteiger partial charge in [-0.2, -0.15) is 18.3 Å². The maximum atomic E-state index is 13.0. The summed E-state index contributed by atoms with van der Waals surface area (Å²) in [6, 6.07) is 1.04. The maximum Gasteiger partial charge on any atom is 0.417 e. The molecule has 0 saturated carbocycles. The summed E-state index contributed by atoms with van der Waals surface area (Å²) in [5.74, 6) is 0. The van der Waals surface area contributed by atoms with Crippen LogP contribution in [0.2, 0.25) is 0 Å². The summed E-state index contributed by atoms with van der Waals surface area (Å²) in [7, 11) is 0. The van der Waals surface area contributed by atoms with Crippen LogP contribution in [0.25, 0.3) is 11.0 Å². The van der Waals surface area contributed by atoms with Crippen molar-refractivity contribution in [1.82, 2.24) is 14.8 Å². The number of aryl methyl sites for hydroxylation is 2. The van der Waals surface area contributed by atoms with Gasteiger partial charge >= 0.3 is 6.18 Å². The number of halogens is 3. The monoisotopic (exact) mass is 257 g/mol. The molecule has 0 aliphatic carbocycles. The van der Waals surface area contributed by atoms with E-state index in [1.807, 2.05) is 13.8 Å². The van der Waals surface area contributed by atoms with Gasteiger partial charge in [0.15, 0.2) is 5.65 Å². The molecule has 2 heterocycles. The summed E-state index contributed by atoms with van der Waals surface area (Å²) in [5, 5.41) is 4.26. The average Bonchev–Trinajstić information content (AvgIpc) is 2.53. The van der Waals surface area contributed by atoms with Crippen LogP contribution in [0.1, 0.15) is 36.8 Å². The molecule has 0 fully saturated rings. The Morgan fingerprint density at radius 3 is 2.33 bits per heavy atom. The van der Waals surface area contributed by atoms with Crippen LogP contribution in [-0.2, 0) is 6.18 Å². The first-order valence-electron chi connectivity index (χ1n) is 5.65. The van der Waals surface area contributed by atoms with Gasteiger partial charge in [-0.1, -0.05) is 0 Å². The predicted molar refractivity (Wildman–Crippen MR) is 62.4 cm³/mol. The van der Waals surface area contributed by atoms with Crippen LogP contribution in [0, 0.1) is 13.8 Å². The second kappa shape index (κ2) is 3.96. The molecule has 0 saturated heterocycles. The molecule has 6 heteroatoms. The first-order valence-corrected chi connectivity index (χ1v) is 5.65. The van der Waals surface area contributed by atoms with Crippen LogP contribution in [0.15, 0.2) is 6.07 Å². The van der Waals surface area contributed by atoms with Crippen molar-refractivity contribution >= 4 is 11.0 Å². The van der Waals surface area contributed by atoms with Crippen molar-refractivity contribution in [3.8, 4) is 0 Å². The van der Waals surface area contributed by atoms with Crippen molar-refractivity contribution in [2.45, 2.75) is 39.9 Å². The topological polar surface area (TPSA) is 30.7 Å². The molecule has 0 aromatic carbocycles. The lowest BCUT2D eigenvalue weighted by Gasteiger charge is -2.11. The van der Waals surface area contributed by atoms with Crippen LogP contribution in [-0.4, -0.2) is 14.8 Å². The molecule has 2 aromatic heterocycles. The summed E-state index contributed by atoms with van der Waals surface area (Å²) in [6.07, 6.45) is -4.39. The minimum absolute atomic E-state index is 0.0309. The van der Waals surface area contributed by atoms with Gasteiger partial charge in [0.25, 0.3) is 0 Å². The van der Waals surface area contributed by atoms with E-state index < -0.39 is 11.7 Å². The number of pyridine rings is 1. The van der Waals surface area contributed by atoms with Crippen molar-refractivity contribution in [3.05, 3.63) is 23.0 Å². The number of hydrogen-bond acceptors (Lipinski definition) is 2. The molecule has 0 aliphatic heterocycles. The van der Waals surface area contributed by atoms with Gasteiger partial charge in [0.2, 0.25) is 0 Å². The molecule has 0 bridgehead atoms. The average molecular weight is 257 g/mol. The van der Waals surface area contributed by atoms with E-state index in [4.69, 9.17) is 0 Å². The molecule has 0 atom stereocenters. The predicted octanol–water partition coefficient (Wildman–Crippen LogP) is 3.65. The van der Waals surface area contributed by atoms with Crippen LogP contribution in [0.5, 0.6) is 0 Å². The van der Waals surface area contributed by atoms with Gasteiger partial charge in [-0.3, -0.25) is 0 Å². The first-order chi connectivity index (χ1) is 8.21. The van der Waals surface area contributed by atoms with Crippen molar-refractivity contribution in [2.75, 3.05) is 0 Å². The van der Waals surface area contributed by atoms with E-state index >= 15 is 0 Å². The fraction of sp³-hybridized carbons (Fsp3) is 0.500. The molecule has 0 spiro atoms. The molecule has 18 heavy (non-hydrogen) atoms. The molecular formula is C12H14F3N3. The van der Waals surface area contributed by atoms with Crippen molar-refractivity contribution < 1.29 is 13.2 Å². The highest BCUT2D eigenvalue weighted by atomic mass is 19.4. The molecule has 0 N–H and O–H groups in total. The van der Waals surface area contributed by atoms with Crippen LogP contribution < -0.4 is 0 Å². The Bertz CT molecular complexity index is 597. The molecular weight excluding hydrogens is 243 g/mol. The van der Waals surface area contributed by atoms with Crippen molar-refractivity contribution in [1.29, 1.82) is 0 Å². The molecule has 3 nitrogen and oxygen atoms in total. The second-order valence-electron chi connectivity index (χ2n) is 4.63. The Kier molecular flexibility index (Phi) is 2.83. The quantitative estimate of drug-likeness (QED) is 0.780. The van der Waals surface area contributed by atoms with Gasteiger partial charge in [0.05, 0.1) is 16.6 Å². The molecule has 0 amide bonds. The molecule has 2 aromatic rings. The Morgan fingerprint density at radius 1 is 1.22 bits per heavy atom. The van der Waals surface area contributed by atoms with Gasteiger partial charge < -0.3 is 0 Å².